The highest BCUT2D eigenvalue weighted by molar-refractivity contribution is 5.95. The van der Waals surface area contributed by atoms with E-state index in [1.54, 1.807) is 6.07 Å². The predicted octanol–water partition coefficient (Wildman–Crippen LogP) is 4.24. The minimum Gasteiger partial charge on any atom is -0.506 e. The molecule has 2 N–H and O–H groups in total. The first-order valence-corrected chi connectivity index (χ1v) is 7.74. The Bertz CT molecular complexity index is 988. The number of hydrogen-bond acceptors (Lipinski definition) is 7. The third kappa shape index (κ3) is 3.60. The van der Waals surface area contributed by atoms with Gasteiger partial charge < -0.3 is 14.9 Å². The van der Waals surface area contributed by atoms with Gasteiger partial charge in [-0.15, -0.1) is 10.2 Å². The first-order chi connectivity index (χ1) is 12.6. The Kier molecular flexibility index (Phi) is 5.04. The number of rotatable bonds is 6. The van der Waals surface area contributed by atoms with E-state index in [4.69, 9.17) is 9.84 Å². The van der Waals surface area contributed by atoms with E-state index < -0.39 is 4.92 Å². The van der Waals surface area contributed by atoms with E-state index in [1.807, 2.05) is 24.3 Å². The molecular formula is C18H15N3O5. The van der Waals surface area contributed by atoms with Crippen molar-refractivity contribution in [1.29, 1.82) is 0 Å². The van der Waals surface area contributed by atoms with Crippen LogP contribution < -0.4 is 4.74 Å². The van der Waals surface area contributed by atoms with E-state index in [0.717, 1.165) is 10.8 Å². The molecule has 0 heterocycles. The van der Waals surface area contributed by atoms with Crippen molar-refractivity contribution < 1.29 is 19.9 Å². The molecule has 0 radical (unpaired) electrons. The van der Waals surface area contributed by atoms with Gasteiger partial charge in [0.05, 0.1) is 17.6 Å². The monoisotopic (exact) mass is 353 g/mol. The van der Waals surface area contributed by atoms with Crippen molar-refractivity contribution in [2.24, 2.45) is 10.2 Å². The summed E-state index contributed by atoms with van der Waals surface area (Å²) >= 11 is 0. The molecule has 0 unspecified atom stereocenters. The fourth-order valence-electron chi connectivity index (χ4n) is 2.42. The topological polar surface area (TPSA) is 118 Å². The van der Waals surface area contributed by atoms with E-state index in [-0.39, 0.29) is 41.8 Å². The minimum absolute atomic E-state index is 0.0350. The lowest BCUT2D eigenvalue weighted by atomic mass is 10.1. The average Bonchev–Trinajstić information content (AvgIpc) is 2.65. The number of ether oxygens (including phenoxy) is 1. The number of hydrogen-bond donors (Lipinski definition) is 2. The van der Waals surface area contributed by atoms with Gasteiger partial charge in [0.25, 0.3) is 5.69 Å². The van der Waals surface area contributed by atoms with Crippen LogP contribution in [-0.4, -0.2) is 28.4 Å². The molecule has 0 amide bonds. The van der Waals surface area contributed by atoms with Crippen molar-refractivity contribution in [3.8, 4) is 11.5 Å². The Labute approximate surface area is 148 Å². The molecule has 0 spiro atoms. The first kappa shape index (κ1) is 17.3. The highest BCUT2D eigenvalue weighted by Gasteiger charge is 2.13. The zero-order chi connectivity index (χ0) is 18.5. The molecule has 0 saturated carbocycles. The fraction of sp³-hybridized carbons (Fsp3) is 0.111. The van der Waals surface area contributed by atoms with Crippen LogP contribution in [0.25, 0.3) is 10.8 Å². The standard InChI is InChI=1S/C18H15N3O5/c22-9-10-26-17-11-13(21(24)25)6-7-15(17)19-20-18-14-4-2-1-3-12(14)5-8-16(18)23/h1-8,11,22-23H,9-10H2. The van der Waals surface area contributed by atoms with Crippen LogP contribution in [0, 0.1) is 10.1 Å². The van der Waals surface area contributed by atoms with Crippen molar-refractivity contribution >= 4 is 27.8 Å². The van der Waals surface area contributed by atoms with E-state index in [1.165, 1.54) is 24.3 Å². The summed E-state index contributed by atoms with van der Waals surface area (Å²) in [4.78, 5) is 10.4. The summed E-state index contributed by atoms with van der Waals surface area (Å²) in [5, 5.41) is 39.7. The quantitative estimate of drug-likeness (QED) is 0.390. The van der Waals surface area contributed by atoms with Crippen LogP contribution in [0.15, 0.2) is 64.8 Å². The van der Waals surface area contributed by atoms with Gasteiger partial charge in [0.2, 0.25) is 0 Å². The second kappa shape index (κ2) is 7.58. The number of phenolic OH excluding ortho intramolecular Hbond substituents is 1. The van der Waals surface area contributed by atoms with Gasteiger partial charge in [-0.2, -0.15) is 0 Å². The van der Waals surface area contributed by atoms with E-state index >= 15 is 0 Å². The number of azo groups is 1. The van der Waals surface area contributed by atoms with Crippen LogP contribution in [0.1, 0.15) is 0 Å². The maximum absolute atomic E-state index is 10.9. The van der Waals surface area contributed by atoms with Crippen LogP contribution >= 0.6 is 0 Å². The summed E-state index contributed by atoms with van der Waals surface area (Å²) in [7, 11) is 0. The van der Waals surface area contributed by atoms with Crippen LogP contribution in [0.4, 0.5) is 17.1 Å². The molecule has 8 heteroatoms. The SMILES string of the molecule is O=[N+]([O-])c1ccc(N=Nc2c(O)ccc3ccccc23)c(OCCO)c1. The molecule has 3 aromatic carbocycles. The normalized spacial score (nSPS) is 11.1. The molecule has 0 aliphatic rings. The molecule has 26 heavy (non-hydrogen) atoms. The molecule has 3 aromatic rings. The fourth-order valence-corrected chi connectivity index (χ4v) is 2.42. The minimum atomic E-state index is -0.552. The maximum atomic E-state index is 10.9. The van der Waals surface area contributed by atoms with Gasteiger partial charge in [0.1, 0.15) is 23.7 Å². The second-order valence-electron chi connectivity index (χ2n) is 5.34. The molecular weight excluding hydrogens is 338 g/mol. The number of aromatic hydroxyl groups is 1. The maximum Gasteiger partial charge on any atom is 0.273 e. The van der Waals surface area contributed by atoms with Gasteiger partial charge in [0, 0.05) is 11.5 Å². The molecule has 3 rings (SSSR count). The molecule has 0 aliphatic heterocycles. The van der Waals surface area contributed by atoms with Crippen LogP contribution in [-0.2, 0) is 0 Å². The number of aliphatic hydroxyl groups excluding tert-OH is 1. The Morgan fingerprint density at radius 3 is 2.65 bits per heavy atom. The number of nitro groups is 1. The molecule has 8 nitrogen and oxygen atoms in total. The zero-order valence-electron chi connectivity index (χ0n) is 13.6. The Morgan fingerprint density at radius 2 is 1.88 bits per heavy atom. The van der Waals surface area contributed by atoms with E-state index in [2.05, 4.69) is 10.2 Å². The zero-order valence-corrected chi connectivity index (χ0v) is 13.6. The molecule has 0 aliphatic carbocycles. The summed E-state index contributed by atoms with van der Waals surface area (Å²) < 4.78 is 5.31. The largest absolute Gasteiger partial charge is 0.506 e. The smallest absolute Gasteiger partial charge is 0.273 e. The van der Waals surface area contributed by atoms with Gasteiger partial charge in [-0.25, -0.2) is 0 Å². The Balaban J connectivity index is 2.03. The van der Waals surface area contributed by atoms with Crippen LogP contribution in [0.5, 0.6) is 11.5 Å². The predicted molar refractivity (Wildman–Crippen MR) is 95.5 cm³/mol. The van der Waals surface area contributed by atoms with Crippen molar-refractivity contribution in [3.05, 3.63) is 64.7 Å². The Morgan fingerprint density at radius 1 is 1.08 bits per heavy atom. The highest BCUT2D eigenvalue weighted by atomic mass is 16.6. The molecule has 0 atom stereocenters. The van der Waals surface area contributed by atoms with E-state index in [9.17, 15) is 15.2 Å². The van der Waals surface area contributed by atoms with Crippen molar-refractivity contribution in [2.45, 2.75) is 0 Å². The number of nitro benzene ring substituents is 1. The first-order valence-electron chi connectivity index (χ1n) is 7.74. The number of benzene rings is 3. The number of non-ortho nitro benzene ring substituents is 1. The van der Waals surface area contributed by atoms with Crippen LogP contribution in [0.3, 0.4) is 0 Å². The third-order valence-corrected chi connectivity index (χ3v) is 3.64. The lowest BCUT2D eigenvalue weighted by Gasteiger charge is -2.07. The molecule has 0 saturated heterocycles. The summed E-state index contributed by atoms with van der Waals surface area (Å²) in [6, 6.07) is 14.6. The van der Waals surface area contributed by atoms with Crippen LogP contribution in [0.2, 0.25) is 0 Å². The molecule has 0 bridgehead atoms. The summed E-state index contributed by atoms with van der Waals surface area (Å²) in [6.45, 7) is -0.285. The average molecular weight is 353 g/mol. The number of fused-ring (bicyclic) bond motifs is 1. The molecule has 0 fully saturated rings. The third-order valence-electron chi connectivity index (χ3n) is 3.64. The molecule has 132 valence electrons. The number of phenols is 1. The lowest BCUT2D eigenvalue weighted by Crippen LogP contribution is -2.02. The Hall–Kier alpha value is -3.52. The number of aliphatic hydroxyl groups is 1. The second-order valence-corrected chi connectivity index (χ2v) is 5.34. The van der Waals surface area contributed by atoms with Crippen molar-refractivity contribution in [2.75, 3.05) is 13.2 Å². The molecule has 0 aromatic heterocycles. The van der Waals surface area contributed by atoms with Crippen molar-refractivity contribution in [3.63, 3.8) is 0 Å². The van der Waals surface area contributed by atoms with Gasteiger partial charge in [-0.1, -0.05) is 30.3 Å². The number of nitrogens with zero attached hydrogens (tertiary/aromatic N) is 3. The van der Waals surface area contributed by atoms with E-state index in [0.29, 0.717) is 0 Å². The summed E-state index contributed by atoms with van der Waals surface area (Å²) in [6.07, 6.45) is 0. The summed E-state index contributed by atoms with van der Waals surface area (Å²) in [5.74, 6) is 0.0870. The summed E-state index contributed by atoms with van der Waals surface area (Å²) in [5.41, 5.74) is 0.371. The van der Waals surface area contributed by atoms with Gasteiger partial charge >= 0.3 is 0 Å². The highest BCUT2D eigenvalue weighted by Crippen LogP contribution is 2.38. The van der Waals surface area contributed by atoms with Gasteiger partial charge in [-0.3, -0.25) is 10.1 Å². The van der Waals surface area contributed by atoms with Gasteiger partial charge in [0.15, 0.2) is 5.75 Å². The van der Waals surface area contributed by atoms with Gasteiger partial charge in [-0.05, 0) is 17.5 Å². The lowest BCUT2D eigenvalue weighted by molar-refractivity contribution is -0.384. The van der Waals surface area contributed by atoms with Crippen molar-refractivity contribution in [1.82, 2.24) is 0 Å².